The summed E-state index contributed by atoms with van der Waals surface area (Å²) >= 11 is 1.88. The highest BCUT2D eigenvalue weighted by molar-refractivity contribution is 7.99. The van der Waals surface area contributed by atoms with Crippen molar-refractivity contribution in [3.63, 3.8) is 0 Å². The molecule has 286 valence electrons. The molecular formula is C56H40N2OS. The highest BCUT2D eigenvalue weighted by Gasteiger charge is 2.50. The maximum absolute atomic E-state index is 6.73. The molecule has 0 radical (unpaired) electrons. The van der Waals surface area contributed by atoms with Gasteiger partial charge in [0.2, 0.25) is 0 Å². The molecule has 1 atom stereocenters. The number of allylic oxidation sites excluding steroid dienone is 3. The zero-order chi connectivity index (χ0) is 39.8. The minimum atomic E-state index is -0.460. The van der Waals surface area contributed by atoms with Crippen LogP contribution < -0.4 is 9.80 Å². The van der Waals surface area contributed by atoms with E-state index in [0.29, 0.717) is 5.92 Å². The number of anilines is 5. The van der Waals surface area contributed by atoms with Crippen molar-refractivity contribution in [3.8, 4) is 11.1 Å². The lowest BCUT2D eigenvalue weighted by atomic mass is 9.67. The van der Waals surface area contributed by atoms with E-state index in [4.69, 9.17) is 4.42 Å². The van der Waals surface area contributed by atoms with Crippen LogP contribution in [0.15, 0.2) is 226 Å². The topological polar surface area (TPSA) is 19.6 Å². The Morgan fingerprint density at radius 1 is 0.483 bits per heavy atom. The van der Waals surface area contributed by atoms with Gasteiger partial charge >= 0.3 is 0 Å². The third kappa shape index (κ3) is 5.30. The van der Waals surface area contributed by atoms with Crippen molar-refractivity contribution in [3.05, 3.63) is 234 Å². The summed E-state index contributed by atoms with van der Waals surface area (Å²) in [5, 5.41) is 2.19. The van der Waals surface area contributed by atoms with E-state index >= 15 is 0 Å². The van der Waals surface area contributed by atoms with Crippen LogP contribution in [0.3, 0.4) is 0 Å². The Bertz CT molecular complexity index is 3150. The number of hydrogen-bond donors (Lipinski definition) is 0. The molecule has 2 heterocycles. The Morgan fingerprint density at radius 3 is 1.80 bits per heavy atom. The maximum atomic E-state index is 6.73. The predicted octanol–water partition coefficient (Wildman–Crippen LogP) is 15.5. The van der Waals surface area contributed by atoms with Crippen molar-refractivity contribution in [2.24, 2.45) is 5.92 Å². The van der Waals surface area contributed by atoms with E-state index < -0.39 is 5.41 Å². The first kappa shape index (κ1) is 35.0. The molecule has 8 aromatic carbocycles. The van der Waals surface area contributed by atoms with Crippen LogP contribution in [-0.4, -0.2) is 0 Å². The first-order chi connectivity index (χ1) is 29.6. The van der Waals surface area contributed by atoms with Crippen molar-refractivity contribution >= 4 is 62.1 Å². The number of para-hydroxylation sites is 2. The number of nitrogens with zero attached hydrogens (tertiary/aromatic N) is 2. The molecule has 2 aliphatic carbocycles. The number of fused-ring (bicyclic) bond motifs is 12. The van der Waals surface area contributed by atoms with E-state index in [1.54, 1.807) is 0 Å². The van der Waals surface area contributed by atoms with Gasteiger partial charge in [0.05, 0.1) is 5.41 Å². The third-order valence-corrected chi connectivity index (χ3v) is 13.7. The lowest BCUT2D eigenvalue weighted by molar-refractivity contribution is 0.669. The molecule has 1 aliphatic heterocycles. The number of furan rings is 1. The zero-order valence-electron chi connectivity index (χ0n) is 33.1. The highest BCUT2D eigenvalue weighted by atomic mass is 32.2. The quantitative estimate of drug-likeness (QED) is 0.167. The summed E-state index contributed by atoms with van der Waals surface area (Å²) in [7, 11) is 0. The predicted molar refractivity (Wildman–Crippen MR) is 249 cm³/mol. The first-order valence-electron chi connectivity index (χ1n) is 20.8. The van der Waals surface area contributed by atoms with Crippen molar-refractivity contribution in [1.29, 1.82) is 0 Å². The molecular weight excluding hydrogens is 749 g/mol. The smallest absolute Gasteiger partial charge is 0.137 e. The van der Waals surface area contributed by atoms with Gasteiger partial charge in [0.25, 0.3) is 0 Å². The molecule has 0 N–H and O–H groups in total. The number of hydrogen-bond acceptors (Lipinski definition) is 4. The molecule has 0 fully saturated rings. The van der Waals surface area contributed by atoms with E-state index in [0.717, 1.165) is 56.8 Å². The standard InChI is InChI=1S/C56H40N2OS/c1-37-15-14-20-40(33-37)57(38-16-4-2-5-17-38)41-29-32-52-47(34-41)46-31-28-43(36-53(46)59-52)58(39-18-6-3-7-19-39)42-27-30-45-44-21-8-9-22-48(44)56(51(45)35-42)49-23-10-12-25-54(49)60-55-26-13-11-24-50(55)56/h2-14,16-37H,15H2,1H3. The SMILES string of the molecule is CC1C=C(N(c2ccccc2)c2ccc3oc4cc(N(c5ccccc5)c5ccc6c(c5)C5(c7ccccc7Sc7ccccc75)c5ccccc5-6)ccc4c3c2)C=CC1. The summed E-state index contributed by atoms with van der Waals surface area (Å²) in [6, 6.07) is 68.8. The lowest BCUT2D eigenvalue weighted by Crippen LogP contribution is -2.32. The molecule has 3 nitrogen and oxygen atoms in total. The molecule has 9 aromatic rings. The monoisotopic (exact) mass is 788 g/mol. The molecule has 60 heavy (non-hydrogen) atoms. The Balaban J connectivity index is 1.03. The van der Waals surface area contributed by atoms with Gasteiger partial charge in [-0.05, 0) is 131 Å². The minimum absolute atomic E-state index is 0.460. The molecule has 3 aliphatic rings. The molecule has 12 rings (SSSR count). The average Bonchev–Trinajstić information content (AvgIpc) is 3.80. The molecule has 4 heteroatoms. The normalized spacial score (nSPS) is 15.6. The van der Waals surface area contributed by atoms with Gasteiger partial charge in [0.15, 0.2) is 0 Å². The fraction of sp³-hybridized carbons (Fsp3) is 0.0714. The fourth-order valence-electron chi connectivity index (χ4n) is 10.0. The Morgan fingerprint density at radius 2 is 1.07 bits per heavy atom. The van der Waals surface area contributed by atoms with Gasteiger partial charge in [0, 0.05) is 60.8 Å². The van der Waals surface area contributed by atoms with E-state index in [-0.39, 0.29) is 0 Å². The highest BCUT2D eigenvalue weighted by Crippen LogP contribution is 2.62. The fourth-order valence-corrected chi connectivity index (χ4v) is 11.2. The second kappa shape index (κ2) is 13.8. The lowest BCUT2D eigenvalue weighted by Gasteiger charge is -2.40. The van der Waals surface area contributed by atoms with E-state index in [9.17, 15) is 0 Å². The van der Waals surface area contributed by atoms with Crippen LogP contribution in [0.1, 0.15) is 35.6 Å². The number of rotatable bonds is 6. The average molecular weight is 789 g/mol. The Labute approximate surface area is 354 Å². The van der Waals surface area contributed by atoms with Crippen LogP contribution >= 0.6 is 11.8 Å². The molecule has 0 saturated carbocycles. The molecule has 1 spiro atoms. The van der Waals surface area contributed by atoms with E-state index in [1.165, 1.54) is 48.9 Å². The van der Waals surface area contributed by atoms with Crippen LogP contribution in [0, 0.1) is 5.92 Å². The minimum Gasteiger partial charge on any atom is -0.456 e. The zero-order valence-corrected chi connectivity index (χ0v) is 33.9. The Hall–Kier alpha value is -7.01. The van der Waals surface area contributed by atoms with Crippen LogP contribution in [0.5, 0.6) is 0 Å². The Kier molecular flexibility index (Phi) is 8.04. The summed E-state index contributed by atoms with van der Waals surface area (Å²) in [6.07, 6.45) is 7.97. The molecule has 1 aromatic heterocycles. The first-order valence-corrected chi connectivity index (χ1v) is 21.6. The summed E-state index contributed by atoms with van der Waals surface area (Å²) < 4.78 is 6.73. The van der Waals surface area contributed by atoms with Gasteiger partial charge in [-0.25, -0.2) is 0 Å². The molecule has 1 unspecified atom stereocenters. The van der Waals surface area contributed by atoms with Gasteiger partial charge in [-0.1, -0.05) is 134 Å². The second-order valence-corrected chi connectivity index (χ2v) is 17.2. The van der Waals surface area contributed by atoms with Crippen LogP contribution in [0.25, 0.3) is 33.1 Å². The molecule has 0 bridgehead atoms. The molecule has 0 saturated heterocycles. The number of benzene rings is 8. The van der Waals surface area contributed by atoms with Gasteiger partial charge in [-0.3, -0.25) is 0 Å². The summed E-state index contributed by atoms with van der Waals surface area (Å²) in [6.45, 7) is 2.28. The largest absolute Gasteiger partial charge is 0.456 e. The summed E-state index contributed by atoms with van der Waals surface area (Å²) in [5.74, 6) is 0.473. The van der Waals surface area contributed by atoms with Crippen molar-refractivity contribution in [2.75, 3.05) is 9.80 Å². The van der Waals surface area contributed by atoms with E-state index in [2.05, 4.69) is 223 Å². The second-order valence-electron chi connectivity index (χ2n) is 16.1. The van der Waals surface area contributed by atoms with Crippen LogP contribution in [0.4, 0.5) is 28.4 Å². The maximum Gasteiger partial charge on any atom is 0.137 e. The third-order valence-electron chi connectivity index (χ3n) is 12.6. The molecule has 0 amide bonds. The van der Waals surface area contributed by atoms with Gasteiger partial charge in [-0.15, -0.1) is 0 Å². The summed E-state index contributed by atoms with van der Waals surface area (Å²) in [4.78, 5) is 7.34. The van der Waals surface area contributed by atoms with E-state index in [1.807, 2.05) is 11.8 Å². The summed E-state index contributed by atoms with van der Waals surface area (Å²) in [5.41, 5.74) is 15.8. The van der Waals surface area contributed by atoms with Crippen molar-refractivity contribution < 1.29 is 4.42 Å². The van der Waals surface area contributed by atoms with Crippen molar-refractivity contribution in [1.82, 2.24) is 0 Å². The van der Waals surface area contributed by atoms with Gasteiger partial charge in [-0.2, -0.15) is 0 Å². The van der Waals surface area contributed by atoms with Crippen LogP contribution in [0.2, 0.25) is 0 Å². The van der Waals surface area contributed by atoms with Gasteiger partial charge in [0.1, 0.15) is 11.2 Å². The van der Waals surface area contributed by atoms with Gasteiger partial charge < -0.3 is 14.2 Å². The van der Waals surface area contributed by atoms with Crippen LogP contribution in [-0.2, 0) is 5.41 Å². The van der Waals surface area contributed by atoms with Crippen molar-refractivity contribution in [2.45, 2.75) is 28.6 Å².